The fourth-order valence-electron chi connectivity index (χ4n) is 2.91. The lowest BCUT2D eigenvalue weighted by Crippen LogP contribution is -2.43. The summed E-state index contributed by atoms with van der Waals surface area (Å²) in [4.78, 5) is 0.0957. The topological polar surface area (TPSA) is 57.6 Å². The maximum atomic E-state index is 13.8. The van der Waals surface area contributed by atoms with Crippen LogP contribution in [0.4, 0.5) is 4.39 Å². The first-order valence-electron chi connectivity index (χ1n) is 9.05. The van der Waals surface area contributed by atoms with E-state index in [0.717, 1.165) is 0 Å². The van der Waals surface area contributed by atoms with Gasteiger partial charge in [0.05, 0.1) is 11.5 Å². The van der Waals surface area contributed by atoms with E-state index in [1.807, 2.05) is 13.8 Å². The van der Waals surface area contributed by atoms with Crippen molar-refractivity contribution in [3.8, 4) is 0 Å². The Morgan fingerprint density at radius 1 is 1.14 bits per heavy atom. The molecule has 4 nitrogen and oxygen atoms in total. The van der Waals surface area contributed by atoms with Crippen molar-refractivity contribution in [2.24, 2.45) is 5.92 Å². The molecule has 7 heteroatoms. The van der Waals surface area contributed by atoms with Crippen molar-refractivity contribution in [1.29, 1.82) is 0 Å². The summed E-state index contributed by atoms with van der Waals surface area (Å²) in [5.41, 5.74) is 0.371. The normalized spacial score (nSPS) is 13.5. The smallest absolute Gasteiger partial charge is 0.243 e. The number of rotatable bonds is 9. The van der Waals surface area contributed by atoms with E-state index >= 15 is 0 Å². The zero-order valence-corrected chi connectivity index (χ0v) is 17.5. The molecule has 0 aromatic heterocycles. The maximum absolute atomic E-state index is 13.8. The molecule has 0 heterocycles. The Bertz CT molecular complexity index is 898. The molecule has 1 atom stereocenters. The molecule has 0 aliphatic carbocycles. The third-order valence-electron chi connectivity index (χ3n) is 4.27. The summed E-state index contributed by atoms with van der Waals surface area (Å²) in [6.45, 7) is 3.63. The highest BCUT2D eigenvalue weighted by atomic mass is 35.5. The lowest BCUT2D eigenvalue weighted by atomic mass is 10.0. The van der Waals surface area contributed by atoms with E-state index in [1.54, 1.807) is 30.4 Å². The Morgan fingerprint density at radius 3 is 2.36 bits per heavy atom. The predicted molar refractivity (Wildman–Crippen MR) is 111 cm³/mol. The lowest BCUT2D eigenvalue weighted by Gasteiger charge is -2.30. The first-order valence-corrected chi connectivity index (χ1v) is 10.9. The average Bonchev–Trinajstić information content (AvgIpc) is 2.65. The van der Waals surface area contributed by atoms with E-state index in [0.29, 0.717) is 17.0 Å². The molecule has 2 aromatic carbocycles. The van der Waals surface area contributed by atoms with Crippen LogP contribution in [-0.2, 0) is 10.0 Å². The first-order chi connectivity index (χ1) is 13.3. The number of hydrogen-bond acceptors (Lipinski definition) is 3. The molecule has 0 amide bonds. The van der Waals surface area contributed by atoms with Crippen LogP contribution in [0.25, 0.3) is 6.08 Å². The molecule has 1 N–H and O–H groups in total. The van der Waals surface area contributed by atoms with Crippen LogP contribution in [0.3, 0.4) is 0 Å². The highest BCUT2D eigenvalue weighted by molar-refractivity contribution is 7.89. The maximum Gasteiger partial charge on any atom is 0.243 e. The molecule has 0 fully saturated rings. The summed E-state index contributed by atoms with van der Waals surface area (Å²) in [5, 5.41) is 10.3. The number of halogens is 2. The Morgan fingerprint density at radius 2 is 1.79 bits per heavy atom. The third-order valence-corrected chi connectivity index (χ3v) is 6.45. The number of sulfonamides is 1. The second-order valence-corrected chi connectivity index (χ2v) is 9.25. The lowest BCUT2D eigenvalue weighted by molar-refractivity contribution is 0.175. The minimum atomic E-state index is -3.87. The highest BCUT2D eigenvalue weighted by Gasteiger charge is 2.30. The van der Waals surface area contributed by atoms with Crippen LogP contribution >= 0.6 is 11.6 Å². The Kier molecular flexibility index (Phi) is 8.19. The molecular formula is C21H25ClFNO3S. The summed E-state index contributed by atoms with van der Waals surface area (Å²) in [5.74, 6) is -0.192. The SMILES string of the molecule is CC(C)CC(CO)N(CC=Cc1ccccc1F)S(=O)(=O)c1ccc(Cl)cc1. The van der Waals surface area contributed by atoms with Crippen molar-refractivity contribution in [3.05, 3.63) is 71.0 Å². The fraction of sp³-hybridized carbons (Fsp3) is 0.333. The van der Waals surface area contributed by atoms with Gasteiger partial charge in [0.2, 0.25) is 10.0 Å². The van der Waals surface area contributed by atoms with Gasteiger partial charge in [-0.25, -0.2) is 12.8 Å². The quantitative estimate of drug-likeness (QED) is 0.639. The van der Waals surface area contributed by atoms with Crippen molar-refractivity contribution in [1.82, 2.24) is 4.31 Å². The van der Waals surface area contributed by atoms with Crippen LogP contribution in [0.5, 0.6) is 0 Å². The van der Waals surface area contributed by atoms with E-state index in [4.69, 9.17) is 11.6 Å². The second-order valence-electron chi connectivity index (χ2n) is 6.92. The molecule has 0 aliphatic rings. The van der Waals surface area contributed by atoms with Crippen LogP contribution in [0.2, 0.25) is 5.02 Å². The molecule has 0 aliphatic heterocycles. The van der Waals surface area contributed by atoms with E-state index in [9.17, 15) is 17.9 Å². The van der Waals surface area contributed by atoms with Gasteiger partial charge in [0, 0.05) is 23.2 Å². The van der Waals surface area contributed by atoms with E-state index in [1.165, 1.54) is 34.6 Å². The van der Waals surface area contributed by atoms with Crippen molar-refractivity contribution < 1.29 is 17.9 Å². The van der Waals surface area contributed by atoms with Gasteiger partial charge >= 0.3 is 0 Å². The second kappa shape index (κ2) is 10.2. The van der Waals surface area contributed by atoms with E-state index < -0.39 is 16.1 Å². The molecule has 0 saturated heterocycles. The molecule has 0 saturated carbocycles. The van der Waals surface area contributed by atoms with Crippen molar-refractivity contribution in [3.63, 3.8) is 0 Å². The summed E-state index contributed by atoms with van der Waals surface area (Å²) < 4.78 is 41.5. The van der Waals surface area contributed by atoms with Crippen LogP contribution < -0.4 is 0 Å². The van der Waals surface area contributed by atoms with Gasteiger partial charge in [0.15, 0.2) is 0 Å². The van der Waals surface area contributed by atoms with Gasteiger partial charge < -0.3 is 5.11 Å². The predicted octanol–water partition coefficient (Wildman–Crippen LogP) is 4.59. The zero-order valence-electron chi connectivity index (χ0n) is 15.9. The summed E-state index contributed by atoms with van der Waals surface area (Å²) in [6.07, 6.45) is 3.63. The van der Waals surface area contributed by atoms with Gasteiger partial charge in [-0.1, -0.05) is 55.8 Å². The van der Waals surface area contributed by atoms with Gasteiger partial charge in [-0.3, -0.25) is 0 Å². The molecule has 2 rings (SSSR count). The highest BCUT2D eigenvalue weighted by Crippen LogP contribution is 2.23. The van der Waals surface area contributed by atoms with Gasteiger partial charge in [-0.05, 0) is 42.7 Å². The van der Waals surface area contributed by atoms with Crippen molar-refractivity contribution in [2.45, 2.75) is 31.2 Å². The van der Waals surface area contributed by atoms with Crippen LogP contribution in [0, 0.1) is 11.7 Å². The Balaban J connectivity index is 2.36. The van der Waals surface area contributed by atoms with Gasteiger partial charge in [-0.2, -0.15) is 4.31 Å². The van der Waals surface area contributed by atoms with Crippen LogP contribution in [0.1, 0.15) is 25.8 Å². The standard InChI is InChI=1S/C21H25ClFNO3S/c1-16(2)14-19(15-25)24(13-5-7-17-6-3-4-8-21(17)23)28(26,27)20-11-9-18(22)10-12-20/h3-12,16,19,25H,13-15H2,1-2H3. The molecule has 0 spiro atoms. The third kappa shape index (κ3) is 5.88. The first kappa shape index (κ1) is 22.6. The molecular weight excluding hydrogens is 401 g/mol. The largest absolute Gasteiger partial charge is 0.395 e. The van der Waals surface area contributed by atoms with Crippen LogP contribution in [0.15, 0.2) is 59.5 Å². The van der Waals surface area contributed by atoms with Gasteiger partial charge in [0.25, 0.3) is 0 Å². The fourth-order valence-corrected chi connectivity index (χ4v) is 4.61. The van der Waals surface area contributed by atoms with Gasteiger partial charge in [-0.15, -0.1) is 0 Å². The average molecular weight is 426 g/mol. The number of nitrogens with zero attached hydrogens (tertiary/aromatic N) is 1. The molecule has 0 radical (unpaired) electrons. The summed E-state index contributed by atoms with van der Waals surface area (Å²) >= 11 is 5.87. The zero-order chi connectivity index (χ0) is 20.7. The Labute approximate surface area is 171 Å². The van der Waals surface area contributed by atoms with Gasteiger partial charge in [0.1, 0.15) is 5.82 Å². The minimum absolute atomic E-state index is 0.0112. The monoisotopic (exact) mass is 425 g/mol. The Hall–Kier alpha value is -1.73. The molecule has 2 aromatic rings. The summed E-state index contributed by atoms with van der Waals surface area (Å²) in [6, 6.07) is 11.6. The molecule has 0 bridgehead atoms. The van der Waals surface area contributed by atoms with Crippen molar-refractivity contribution in [2.75, 3.05) is 13.2 Å². The number of benzene rings is 2. The molecule has 28 heavy (non-hydrogen) atoms. The molecule has 1 unspecified atom stereocenters. The van der Waals surface area contributed by atoms with E-state index in [-0.39, 0.29) is 29.8 Å². The minimum Gasteiger partial charge on any atom is -0.395 e. The molecule has 152 valence electrons. The van der Waals surface area contributed by atoms with E-state index in [2.05, 4.69) is 0 Å². The number of hydrogen-bond donors (Lipinski definition) is 1. The van der Waals surface area contributed by atoms with Crippen LogP contribution in [-0.4, -0.2) is 37.0 Å². The number of aliphatic hydroxyl groups is 1. The summed E-state index contributed by atoms with van der Waals surface area (Å²) in [7, 11) is -3.87. The number of aliphatic hydroxyl groups excluding tert-OH is 1. The van der Waals surface area contributed by atoms with Crippen molar-refractivity contribution >= 4 is 27.7 Å².